The Labute approximate surface area is 132 Å². The molecule has 1 aliphatic carbocycles. The fourth-order valence-corrected chi connectivity index (χ4v) is 2.81. The third-order valence-corrected chi connectivity index (χ3v) is 4.18. The van der Waals surface area contributed by atoms with Gasteiger partial charge in [-0.2, -0.15) is 10.2 Å². The molecule has 1 fully saturated rings. The quantitative estimate of drug-likeness (QED) is 0.810. The number of aryl methyl sites for hydroxylation is 2. The van der Waals surface area contributed by atoms with Crippen molar-refractivity contribution in [1.29, 1.82) is 0 Å². The summed E-state index contributed by atoms with van der Waals surface area (Å²) in [7, 11) is 3.31. The first kappa shape index (κ1) is 15.4. The Hall–Kier alpha value is -2.48. The minimum atomic E-state index is -0.351. The maximum Gasteiger partial charge on any atom is 0.272 e. The molecular weight excluding hydrogens is 298 g/mol. The average Bonchev–Trinajstić information content (AvgIpc) is 2.91. The number of carbonyl (C=O) groups excluding carboxylic acids is 1. The molecule has 23 heavy (non-hydrogen) atoms. The Morgan fingerprint density at radius 3 is 2.70 bits per heavy atom. The van der Waals surface area contributed by atoms with Crippen LogP contribution in [0.3, 0.4) is 0 Å². The third kappa shape index (κ3) is 3.16. The van der Waals surface area contributed by atoms with E-state index in [4.69, 9.17) is 0 Å². The van der Waals surface area contributed by atoms with Crippen molar-refractivity contribution < 1.29 is 9.90 Å². The molecule has 2 aromatic heterocycles. The molecule has 0 aliphatic heterocycles. The van der Waals surface area contributed by atoms with Gasteiger partial charge >= 0.3 is 0 Å². The van der Waals surface area contributed by atoms with E-state index in [2.05, 4.69) is 15.5 Å². The van der Waals surface area contributed by atoms with Crippen LogP contribution >= 0.6 is 0 Å². The highest BCUT2D eigenvalue weighted by Gasteiger charge is 2.36. The molecule has 8 heteroatoms. The molecule has 8 nitrogen and oxygen atoms in total. The van der Waals surface area contributed by atoms with Gasteiger partial charge in [0.1, 0.15) is 5.69 Å². The van der Waals surface area contributed by atoms with Crippen LogP contribution in [0.1, 0.15) is 34.9 Å². The molecule has 0 saturated heterocycles. The van der Waals surface area contributed by atoms with E-state index < -0.39 is 0 Å². The van der Waals surface area contributed by atoms with Crippen molar-refractivity contribution in [3.8, 4) is 0 Å². The number of aliphatic hydroxyl groups is 1. The summed E-state index contributed by atoms with van der Waals surface area (Å²) in [5.74, 6) is -0.193. The van der Waals surface area contributed by atoms with Gasteiger partial charge in [0.15, 0.2) is 0 Å². The van der Waals surface area contributed by atoms with Gasteiger partial charge < -0.3 is 10.4 Å². The number of hydrogen-bond donors (Lipinski definition) is 2. The summed E-state index contributed by atoms with van der Waals surface area (Å²) >= 11 is 0. The molecule has 2 N–H and O–H groups in total. The van der Waals surface area contributed by atoms with Crippen LogP contribution in [0.2, 0.25) is 0 Å². The van der Waals surface area contributed by atoms with E-state index in [-0.39, 0.29) is 35.2 Å². The highest BCUT2D eigenvalue weighted by atomic mass is 16.3. The van der Waals surface area contributed by atoms with Gasteiger partial charge in [0, 0.05) is 31.9 Å². The molecule has 0 radical (unpaired) electrons. The summed E-state index contributed by atoms with van der Waals surface area (Å²) in [6, 6.07) is 2.49. The smallest absolute Gasteiger partial charge is 0.272 e. The molecule has 1 atom stereocenters. The van der Waals surface area contributed by atoms with E-state index in [1.54, 1.807) is 10.9 Å². The van der Waals surface area contributed by atoms with Crippen molar-refractivity contribution in [3.05, 3.63) is 46.1 Å². The molecule has 0 aromatic carbocycles. The zero-order chi connectivity index (χ0) is 16.6. The molecule has 122 valence electrons. The number of rotatable bonds is 4. The maximum atomic E-state index is 12.4. The zero-order valence-electron chi connectivity index (χ0n) is 13.0. The van der Waals surface area contributed by atoms with Crippen LogP contribution in [0.4, 0.5) is 0 Å². The predicted molar refractivity (Wildman–Crippen MR) is 81.6 cm³/mol. The molecular formula is C15H19N5O3. The summed E-state index contributed by atoms with van der Waals surface area (Å²) in [5.41, 5.74) is 0.802. The second-order valence-electron chi connectivity index (χ2n) is 5.96. The standard InChI is InChI=1S/C15H19N5O3/c1-19-8-10(7-16-19)14(9-5-11(21)6-9)17-15(23)12-3-4-13(22)20(2)18-12/h3-4,7-9,11,14,21H,5-6H2,1-2H3,(H,17,23). The lowest BCUT2D eigenvalue weighted by Crippen LogP contribution is -2.41. The van der Waals surface area contributed by atoms with Crippen LogP contribution in [0.15, 0.2) is 29.3 Å². The fraction of sp³-hybridized carbons (Fsp3) is 0.467. The van der Waals surface area contributed by atoms with Crippen LogP contribution in [0, 0.1) is 5.92 Å². The van der Waals surface area contributed by atoms with Crippen molar-refractivity contribution in [2.75, 3.05) is 0 Å². The fourth-order valence-electron chi connectivity index (χ4n) is 2.81. The van der Waals surface area contributed by atoms with E-state index >= 15 is 0 Å². The van der Waals surface area contributed by atoms with Gasteiger partial charge in [-0.25, -0.2) is 4.68 Å². The first-order valence-electron chi connectivity index (χ1n) is 7.46. The number of aromatic nitrogens is 4. The van der Waals surface area contributed by atoms with Gasteiger partial charge in [0.2, 0.25) is 0 Å². The van der Waals surface area contributed by atoms with Gasteiger partial charge in [-0.3, -0.25) is 14.3 Å². The van der Waals surface area contributed by atoms with Gasteiger partial charge in [-0.1, -0.05) is 0 Å². The SMILES string of the molecule is Cn1cc(C(NC(=O)c2ccc(=O)n(C)n2)C2CC(O)C2)cn1. The Bertz CT molecular complexity index is 775. The lowest BCUT2D eigenvalue weighted by atomic mass is 9.75. The monoisotopic (exact) mass is 317 g/mol. The lowest BCUT2D eigenvalue weighted by molar-refractivity contribution is 0.0234. The molecule has 0 spiro atoms. The van der Waals surface area contributed by atoms with E-state index in [0.29, 0.717) is 12.8 Å². The second kappa shape index (κ2) is 5.96. The molecule has 3 rings (SSSR count). The molecule has 1 unspecified atom stereocenters. The Kier molecular flexibility index (Phi) is 3.99. The van der Waals surface area contributed by atoms with Crippen molar-refractivity contribution >= 4 is 5.91 Å². The maximum absolute atomic E-state index is 12.4. The van der Waals surface area contributed by atoms with E-state index in [0.717, 1.165) is 10.2 Å². The summed E-state index contributed by atoms with van der Waals surface area (Å²) in [5, 5.41) is 20.6. The molecule has 1 saturated carbocycles. The number of aliphatic hydroxyl groups excluding tert-OH is 1. The highest BCUT2D eigenvalue weighted by Crippen LogP contribution is 2.38. The summed E-state index contributed by atoms with van der Waals surface area (Å²) in [4.78, 5) is 23.8. The number of amides is 1. The lowest BCUT2D eigenvalue weighted by Gasteiger charge is -2.37. The normalized spacial score (nSPS) is 21.5. The van der Waals surface area contributed by atoms with Crippen LogP contribution in [-0.4, -0.2) is 36.7 Å². The van der Waals surface area contributed by atoms with Crippen LogP contribution in [-0.2, 0) is 14.1 Å². The summed E-state index contributed by atoms with van der Waals surface area (Å²) in [6.07, 6.45) is 4.53. The topological polar surface area (TPSA) is 102 Å². The number of nitrogens with one attached hydrogen (secondary N) is 1. The Morgan fingerprint density at radius 2 is 2.13 bits per heavy atom. The first-order chi connectivity index (χ1) is 10.9. The zero-order valence-corrected chi connectivity index (χ0v) is 13.0. The first-order valence-corrected chi connectivity index (χ1v) is 7.46. The van der Waals surface area contributed by atoms with Gasteiger partial charge in [-0.15, -0.1) is 0 Å². The van der Waals surface area contributed by atoms with E-state index in [1.807, 2.05) is 13.2 Å². The second-order valence-corrected chi connectivity index (χ2v) is 5.96. The predicted octanol–water partition coefficient (Wildman–Crippen LogP) is -0.244. The van der Waals surface area contributed by atoms with E-state index in [1.165, 1.54) is 19.2 Å². The Morgan fingerprint density at radius 1 is 1.39 bits per heavy atom. The highest BCUT2D eigenvalue weighted by molar-refractivity contribution is 5.92. The molecule has 1 amide bonds. The van der Waals surface area contributed by atoms with Crippen LogP contribution in [0.25, 0.3) is 0 Å². The van der Waals surface area contributed by atoms with Crippen molar-refractivity contribution in [3.63, 3.8) is 0 Å². The number of carbonyl (C=O) groups is 1. The summed E-state index contributed by atoms with van der Waals surface area (Å²) < 4.78 is 2.80. The Balaban J connectivity index is 1.81. The number of hydrogen-bond acceptors (Lipinski definition) is 5. The minimum absolute atomic E-state index is 0.158. The summed E-state index contributed by atoms with van der Waals surface area (Å²) in [6.45, 7) is 0. The third-order valence-electron chi connectivity index (χ3n) is 4.18. The van der Waals surface area contributed by atoms with Gasteiger partial charge in [0.25, 0.3) is 11.5 Å². The van der Waals surface area contributed by atoms with Gasteiger partial charge in [-0.05, 0) is 24.8 Å². The molecule has 2 heterocycles. The number of nitrogens with zero attached hydrogens (tertiary/aromatic N) is 4. The largest absolute Gasteiger partial charge is 0.393 e. The van der Waals surface area contributed by atoms with E-state index in [9.17, 15) is 14.7 Å². The van der Waals surface area contributed by atoms with Crippen LogP contribution < -0.4 is 10.9 Å². The average molecular weight is 317 g/mol. The molecule has 2 aromatic rings. The van der Waals surface area contributed by atoms with Crippen molar-refractivity contribution in [2.24, 2.45) is 20.0 Å². The molecule has 1 aliphatic rings. The van der Waals surface area contributed by atoms with Crippen molar-refractivity contribution in [1.82, 2.24) is 24.9 Å². The van der Waals surface area contributed by atoms with Crippen LogP contribution in [0.5, 0.6) is 0 Å². The minimum Gasteiger partial charge on any atom is -0.393 e. The molecule has 0 bridgehead atoms. The van der Waals surface area contributed by atoms with Crippen molar-refractivity contribution in [2.45, 2.75) is 25.0 Å². The van der Waals surface area contributed by atoms with Gasteiger partial charge in [0.05, 0.1) is 18.3 Å².